The summed E-state index contributed by atoms with van der Waals surface area (Å²) in [7, 11) is 0. The van der Waals surface area contributed by atoms with Gasteiger partial charge in [0.05, 0.1) is 22.7 Å². The maximum absolute atomic E-state index is 4.81. The molecule has 200 valence electrons. The molecule has 1 aliphatic heterocycles. The van der Waals surface area contributed by atoms with E-state index >= 15 is 0 Å². The highest BCUT2D eigenvalue weighted by Crippen LogP contribution is 2.38. The molecule has 0 atom stereocenters. The molecular weight excluding hydrogens is 499 g/mol. The SMILES string of the molecule is CCCCc1ccc2c3ncncc3n3c2c1B(n1c2c(C)cc(C)cc2c2cc(C)cc(C)c21)c1ccccc1-3. The highest BCUT2D eigenvalue weighted by Gasteiger charge is 2.38. The Bertz CT molecular complexity index is 2130. The van der Waals surface area contributed by atoms with Gasteiger partial charge >= 0.3 is 6.85 Å². The van der Waals surface area contributed by atoms with Gasteiger partial charge in [-0.1, -0.05) is 66.9 Å². The summed E-state index contributed by atoms with van der Waals surface area (Å²) < 4.78 is 5.12. The number of hydrogen-bond donors (Lipinski definition) is 0. The van der Waals surface area contributed by atoms with E-state index in [-0.39, 0.29) is 6.85 Å². The highest BCUT2D eigenvalue weighted by molar-refractivity contribution is 6.88. The highest BCUT2D eigenvalue weighted by atomic mass is 15.0. The number of aromatic nitrogens is 4. The monoisotopic (exact) mass is 532 g/mol. The lowest BCUT2D eigenvalue weighted by atomic mass is 9.47. The zero-order chi connectivity index (χ0) is 28.0. The number of hydrogen-bond acceptors (Lipinski definition) is 2. The summed E-state index contributed by atoms with van der Waals surface area (Å²) in [5.74, 6) is 0. The van der Waals surface area contributed by atoms with Crippen LogP contribution in [0.3, 0.4) is 0 Å². The molecule has 0 saturated heterocycles. The topological polar surface area (TPSA) is 35.6 Å². The van der Waals surface area contributed by atoms with Crippen molar-refractivity contribution in [2.24, 2.45) is 0 Å². The van der Waals surface area contributed by atoms with Crippen molar-refractivity contribution in [2.45, 2.75) is 53.9 Å². The molecule has 0 spiro atoms. The van der Waals surface area contributed by atoms with E-state index in [1.807, 2.05) is 6.20 Å². The van der Waals surface area contributed by atoms with Gasteiger partial charge in [0.2, 0.25) is 0 Å². The zero-order valence-corrected chi connectivity index (χ0v) is 24.4. The van der Waals surface area contributed by atoms with Crippen molar-refractivity contribution in [3.05, 3.63) is 101 Å². The van der Waals surface area contributed by atoms with Crippen LogP contribution in [0, 0.1) is 27.7 Å². The molecular formula is C36H33BN4. The van der Waals surface area contributed by atoms with Gasteiger partial charge in [0.15, 0.2) is 0 Å². The number of benzene rings is 4. The van der Waals surface area contributed by atoms with Crippen molar-refractivity contribution in [3.8, 4) is 5.69 Å². The van der Waals surface area contributed by atoms with E-state index in [2.05, 4.69) is 109 Å². The number of rotatable bonds is 4. The summed E-state index contributed by atoms with van der Waals surface area (Å²) in [5.41, 5.74) is 16.7. The minimum atomic E-state index is 0.0364. The third kappa shape index (κ3) is 3.29. The number of aryl methyl sites for hydroxylation is 5. The molecule has 0 unspecified atom stereocenters. The molecule has 0 N–H and O–H groups in total. The van der Waals surface area contributed by atoms with E-state index in [0.717, 1.165) is 23.9 Å². The first-order valence-corrected chi connectivity index (χ1v) is 14.8. The van der Waals surface area contributed by atoms with Gasteiger partial charge in [-0.25, -0.2) is 9.97 Å². The molecule has 7 aromatic rings. The third-order valence-corrected chi connectivity index (χ3v) is 9.19. The summed E-state index contributed by atoms with van der Waals surface area (Å²) >= 11 is 0. The Hall–Kier alpha value is -4.38. The van der Waals surface area contributed by atoms with Crippen LogP contribution < -0.4 is 10.9 Å². The number of para-hydroxylation sites is 1. The van der Waals surface area contributed by atoms with Gasteiger partial charge in [0.1, 0.15) is 6.33 Å². The Labute approximate surface area is 240 Å². The van der Waals surface area contributed by atoms with Crippen molar-refractivity contribution in [1.82, 2.24) is 19.0 Å². The van der Waals surface area contributed by atoms with Gasteiger partial charge in [-0.3, -0.25) is 0 Å². The van der Waals surface area contributed by atoms with Gasteiger partial charge in [0.25, 0.3) is 0 Å². The fraction of sp³-hybridized carbons (Fsp3) is 0.222. The molecule has 0 fully saturated rings. The van der Waals surface area contributed by atoms with Crippen molar-refractivity contribution in [1.29, 1.82) is 0 Å². The molecule has 8 rings (SSSR count). The standard InChI is InChI=1S/C36H33BN4/c1-6-7-10-25-13-14-26-33-31(19-38-20-39-33)40-30-12-9-8-11-29(30)37(32(25)36(26)40)41-34-23(4)15-21(2)17-27(34)28-18-22(3)16-24(5)35(28)41/h8-9,11-20H,6-7,10H2,1-5H3. The quantitative estimate of drug-likeness (QED) is 0.224. The molecule has 4 heterocycles. The normalized spacial score (nSPS) is 12.8. The fourth-order valence-corrected chi connectivity index (χ4v) is 7.72. The second-order valence-electron chi connectivity index (χ2n) is 12.0. The van der Waals surface area contributed by atoms with Crippen molar-refractivity contribution >= 4 is 61.5 Å². The van der Waals surface area contributed by atoms with Crippen LogP contribution in [0.1, 0.15) is 47.6 Å². The Morgan fingerprint density at radius 2 is 1.49 bits per heavy atom. The lowest BCUT2D eigenvalue weighted by molar-refractivity contribution is 0.798. The molecule has 1 aliphatic rings. The van der Waals surface area contributed by atoms with Crippen molar-refractivity contribution in [3.63, 3.8) is 0 Å². The molecule has 0 radical (unpaired) electrons. The van der Waals surface area contributed by atoms with E-state index in [1.165, 1.54) is 83.6 Å². The summed E-state index contributed by atoms with van der Waals surface area (Å²) in [4.78, 5) is 9.28. The van der Waals surface area contributed by atoms with Crippen LogP contribution in [0.15, 0.2) is 73.2 Å². The smallest absolute Gasteiger partial charge is 0.332 e. The summed E-state index contributed by atoms with van der Waals surface area (Å²) in [6.07, 6.45) is 7.05. The number of unbranched alkanes of at least 4 members (excludes halogenated alkanes) is 1. The number of nitrogens with zero attached hydrogens (tertiary/aromatic N) is 4. The van der Waals surface area contributed by atoms with E-state index in [9.17, 15) is 0 Å². The summed E-state index contributed by atoms with van der Waals surface area (Å²) in [6.45, 7) is 11.3. The fourth-order valence-electron chi connectivity index (χ4n) is 7.72. The minimum Gasteiger partial charge on any atom is -0.375 e. The molecule has 5 heteroatoms. The molecule has 0 aliphatic carbocycles. The van der Waals surface area contributed by atoms with Gasteiger partial charge in [-0.15, -0.1) is 0 Å². The Morgan fingerprint density at radius 1 is 0.780 bits per heavy atom. The van der Waals surface area contributed by atoms with Crippen LogP contribution in [-0.4, -0.2) is 25.9 Å². The van der Waals surface area contributed by atoms with Gasteiger partial charge in [-0.05, 0) is 86.4 Å². The average molecular weight is 533 g/mol. The number of fused-ring (bicyclic) bond motifs is 8. The summed E-state index contributed by atoms with van der Waals surface area (Å²) in [5, 5.41) is 3.90. The Kier molecular flexibility index (Phi) is 5.25. The van der Waals surface area contributed by atoms with Gasteiger partial charge in [-0.2, -0.15) is 0 Å². The molecule has 0 saturated carbocycles. The molecule has 41 heavy (non-hydrogen) atoms. The zero-order valence-electron chi connectivity index (χ0n) is 24.4. The second-order valence-corrected chi connectivity index (χ2v) is 12.0. The molecule has 4 aromatic carbocycles. The maximum Gasteiger partial charge on any atom is 0.332 e. The molecule has 0 bridgehead atoms. The van der Waals surface area contributed by atoms with E-state index in [0.29, 0.717) is 0 Å². The lowest BCUT2D eigenvalue weighted by Gasteiger charge is -2.30. The Morgan fingerprint density at radius 3 is 2.20 bits per heavy atom. The van der Waals surface area contributed by atoms with Gasteiger partial charge in [0, 0.05) is 32.9 Å². The van der Waals surface area contributed by atoms with Crippen LogP contribution in [-0.2, 0) is 6.42 Å². The van der Waals surface area contributed by atoms with Crippen LogP contribution in [0.4, 0.5) is 0 Å². The predicted octanol–water partition coefficient (Wildman–Crippen LogP) is 7.23. The molecule has 3 aromatic heterocycles. The van der Waals surface area contributed by atoms with E-state index in [1.54, 1.807) is 6.33 Å². The largest absolute Gasteiger partial charge is 0.375 e. The average Bonchev–Trinajstić information content (AvgIpc) is 3.47. The van der Waals surface area contributed by atoms with E-state index < -0.39 is 0 Å². The first kappa shape index (κ1) is 24.4. The second kappa shape index (κ2) is 8.81. The maximum atomic E-state index is 4.81. The Balaban J connectivity index is 1.62. The minimum absolute atomic E-state index is 0.0364. The first-order valence-electron chi connectivity index (χ1n) is 14.8. The predicted molar refractivity (Wildman–Crippen MR) is 174 cm³/mol. The van der Waals surface area contributed by atoms with Crippen molar-refractivity contribution in [2.75, 3.05) is 0 Å². The van der Waals surface area contributed by atoms with E-state index in [4.69, 9.17) is 4.98 Å². The van der Waals surface area contributed by atoms with Crippen LogP contribution >= 0.6 is 0 Å². The van der Waals surface area contributed by atoms with Crippen LogP contribution in [0.25, 0.3) is 49.4 Å². The molecule has 4 nitrogen and oxygen atoms in total. The van der Waals surface area contributed by atoms with Gasteiger partial charge < -0.3 is 9.05 Å². The lowest BCUT2D eigenvalue weighted by Crippen LogP contribution is -2.54. The molecule has 0 amide bonds. The summed E-state index contributed by atoms with van der Waals surface area (Å²) in [6, 6.07) is 23.1. The third-order valence-electron chi connectivity index (χ3n) is 9.19. The first-order chi connectivity index (χ1) is 20.0. The van der Waals surface area contributed by atoms with Crippen LogP contribution in [0.2, 0.25) is 0 Å². The van der Waals surface area contributed by atoms with Crippen molar-refractivity contribution < 1.29 is 0 Å². The van der Waals surface area contributed by atoms with Crippen LogP contribution in [0.5, 0.6) is 0 Å².